The lowest BCUT2D eigenvalue weighted by atomic mass is 9.95. The summed E-state index contributed by atoms with van der Waals surface area (Å²) in [5.41, 5.74) is 1.23. The minimum absolute atomic E-state index is 0.373. The third-order valence-electron chi connectivity index (χ3n) is 4.29. The molecule has 21 heavy (non-hydrogen) atoms. The highest BCUT2D eigenvalue weighted by molar-refractivity contribution is 9.10. The first-order valence-electron chi connectivity index (χ1n) is 7.70. The normalized spacial score (nSPS) is 22.7. The zero-order valence-electron chi connectivity index (χ0n) is 12.6. The van der Waals surface area contributed by atoms with Crippen molar-refractivity contribution < 1.29 is 4.74 Å². The Morgan fingerprint density at radius 3 is 2.67 bits per heavy atom. The topological polar surface area (TPSA) is 21.3 Å². The van der Waals surface area contributed by atoms with Gasteiger partial charge in [0.2, 0.25) is 0 Å². The molecule has 2 atom stereocenters. The number of hydrogen-bond donors (Lipinski definition) is 1. The molecule has 3 rings (SSSR count). The minimum atomic E-state index is 0.373. The van der Waals surface area contributed by atoms with Crippen LogP contribution in [0.3, 0.4) is 0 Å². The first-order valence-corrected chi connectivity index (χ1v) is 8.50. The van der Waals surface area contributed by atoms with Crippen LogP contribution in [0.1, 0.15) is 26.7 Å². The molecule has 0 aromatic heterocycles. The van der Waals surface area contributed by atoms with E-state index in [0.29, 0.717) is 18.1 Å². The molecule has 1 aliphatic rings. The maximum Gasteiger partial charge on any atom is 0.0617 e. The molecule has 0 amide bonds. The van der Waals surface area contributed by atoms with Gasteiger partial charge in [-0.1, -0.05) is 54.0 Å². The number of ether oxygens (including phenoxy) is 1. The van der Waals surface area contributed by atoms with E-state index in [1.165, 1.54) is 16.5 Å². The summed E-state index contributed by atoms with van der Waals surface area (Å²) in [6.45, 7) is 5.33. The molecule has 3 heteroatoms. The Balaban J connectivity index is 1.83. The summed E-state index contributed by atoms with van der Waals surface area (Å²) in [5, 5.41) is 6.27. The van der Waals surface area contributed by atoms with Crippen LogP contribution < -0.4 is 5.32 Å². The van der Waals surface area contributed by atoms with Crippen molar-refractivity contribution in [3.05, 3.63) is 40.9 Å². The minimum Gasteiger partial charge on any atom is -0.382 e. The summed E-state index contributed by atoms with van der Waals surface area (Å²) < 4.78 is 7.02. The number of anilines is 1. The van der Waals surface area contributed by atoms with E-state index in [9.17, 15) is 0 Å². The van der Waals surface area contributed by atoms with Crippen molar-refractivity contribution in [3.63, 3.8) is 0 Å². The van der Waals surface area contributed by atoms with E-state index in [-0.39, 0.29) is 0 Å². The van der Waals surface area contributed by atoms with Crippen molar-refractivity contribution in [3.8, 4) is 0 Å². The molecule has 1 fully saturated rings. The lowest BCUT2D eigenvalue weighted by molar-refractivity contribution is -0.0160. The maximum atomic E-state index is 5.87. The summed E-state index contributed by atoms with van der Waals surface area (Å²) in [6.07, 6.45) is 2.54. The molecule has 2 unspecified atom stereocenters. The van der Waals surface area contributed by atoms with Crippen LogP contribution in [0.15, 0.2) is 40.9 Å². The molecule has 2 aromatic carbocycles. The molecule has 2 aromatic rings. The molecule has 1 saturated heterocycles. The second kappa shape index (κ2) is 6.37. The van der Waals surface area contributed by atoms with Crippen LogP contribution in [-0.2, 0) is 4.74 Å². The van der Waals surface area contributed by atoms with E-state index in [1.807, 2.05) is 0 Å². The summed E-state index contributed by atoms with van der Waals surface area (Å²) >= 11 is 3.64. The summed E-state index contributed by atoms with van der Waals surface area (Å²) in [5.74, 6) is 0.580. The molecule has 0 radical (unpaired) electrons. The molecule has 0 aliphatic carbocycles. The van der Waals surface area contributed by atoms with Crippen molar-refractivity contribution in [2.75, 3.05) is 11.9 Å². The van der Waals surface area contributed by atoms with Crippen LogP contribution in [0.4, 0.5) is 5.69 Å². The molecule has 0 saturated carbocycles. The zero-order valence-corrected chi connectivity index (χ0v) is 14.2. The van der Waals surface area contributed by atoms with Crippen molar-refractivity contribution in [2.45, 2.75) is 38.8 Å². The summed E-state index contributed by atoms with van der Waals surface area (Å²) in [7, 11) is 0. The Hall–Kier alpha value is -1.06. The van der Waals surface area contributed by atoms with Gasteiger partial charge in [0.15, 0.2) is 0 Å². The van der Waals surface area contributed by atoms with Crippen LogP contribution in [0, 0.1) is 5.92 Å². The molecule has 0 bridgehead atoms. The largest absolute Gasteiger partial charge is 0.382 e. The van der Waals surface area contributed by atoms with Gasteiger partial charge in [-0.3, -0.25) is 0 Å². The molecule has 2 nitrogen and oxygen atoms in total. The monoisotopic (exact) mass is 347 g/mol. The van der Waals surface area contributed by atoms with Gasteiger partial charge in [0.05, 0.1) is 6.10 Å². The molecule has 1 N–H and O–H groups in total. The Morgan fingerprint density at radius 1 is 1.14 bits per heavy atom. The third-order valence-corrected chi connectivity index (χ3v) is 4.98. The Bertz CT molecular complexity index is 626. The van der Waals surface area contributed by atoms with Gasteiger partial charge < -0.3 is 10.1 Å². The Morgan fingerprint density at radius 2 is 1.90 bits per heavy atom. The van der Waals surface area contributed by atoms with Gasteiger partial charge in [0.25, 0.3) is 0 Å². The molecule has 112 valence electrons. The van der Waals surface area contributed by atoms with Crippen molar-refractivity contribution in [2.24, 2.45) is 5.92 Å². The third kappa shape index (κ3) is 3.24. The SMILES string of the molecule is CC(C)C1CC(Nc2ccc(Br)c3ccccc23)CCO1. The smallest absolute Gasteiger partial charge is 0.0617 e. The molecule has 1 heterocycles. The Labute approximate surface area is 135 Å². The second-order valence-corrected chi connectivity index (χ2v) is 7.01. The fraction of sp³-hybridized carbons (Fsp3) is 0.444. The molecule has 0 spiro atoms. The van der Waals surface area contributed by atoms with Crippen LogP contribution in [0.5, 0.6) is 0 Å². The fourth-order valence-electron chi connectivity index (χ4n) is 3.03. The highest BCUT2D eigenvalue weighted by Gasteiger charge is 2.25. The quantitative estimate of drug-likeness (QED) is 0.821. The second-order valence-electron chi connectivity index (χ2n) is 6.16. The fourth-order valence-corrected chi connectivity index (χ4v) is 3.51. The van der Waals surface area contributed by atoms with Crippen LogP contribution in [-0.4, -0.2) is 18.8 Å². The lowest BCUT2D eigenvalue weighted by Gasteiger charge is -2.33. The average Bonchev–Trinajstić information content (AvgIpc) is 2.51. The number of benzene rings is 2. The van der Waals surface area contributed by atoms with Gasteiger partial charge in [-0.2, -0.15) is 0 Å². The van der Waals surface area contributed by atoms with Crippen molar-refractivity contribution in [1.82, 2.24) is 0 Å². The Kier molecular flexibility index (Phi) is 4.51. The highest BCUT2D eigenvalue weighted by atomic mass is 79.9. The van der Waals surface area contributed by atoms with Gasteiger partial charge in [-0.15, -0.1) is 0 Å². The predicted octanol–water partition coefficient (Wildman–Crippen LogP) is 5.22. The van der Waals surface area contributed by atoms with Gasteiger partial charge in [0.1, 0.15) is 0 Å². The molecule has 1 aliphatic heterocycles. The number of halogens is 1. The number of hydrogen-bond acceptors (Lipinski definition) is 2. The maximum absolute atomic E-state index is 5.87. The summed E-state index contributed by atoms with van der Waals surface area (Å²) in [4.78, 5) is 0. The molecular weight excluding hydrogens is 326 g/mol. The van der Waals surface area contributed by atoms with Crippen molar-refractivity contribution >= 4 is 32.4 Å². The van der Waals surface area contributed by atoms with E-state index < -0.39 is 0 Å². The van der Waals surface area contributed by atoms with Gasteiger partial charge >= 0.3 is 0 Å². The van der Waals surface area contributed by atoms with Gasteiger partial charge in [-0.05, 0) is 36.3 Å². The van der Waals surface area contributed by atoms with E-state index in [1.54, 1.807) is 0 Å². The van der Waals surface area contributed by atoms with Crippen LogP contribution in [0.25, 0.3) is 10.8 Å². The first-order chi connectivity index (χ1) is 10.1. The predicted molar refractivity (Wildman–Crippen MR) is 92.9 cm³/mol. The lowest BCUT2D eigenvalue weighted by Crippen LogP contribution is -2.36. The van der Waals surface area contributed by atoms with Crippen LogP contribution in [0.2, 0.25) is 0 Å². The first kappa shape index (κ1) is 14.9. The highest BCUT2D eigenvalue weighted by Crippen LogP contribution is 2.32. The van der Waals surface area contributed by atoms with Gasteiger partial charge in [0, 0.05) is 28.2 Å². The average molecular weight is 348 g/mol. The van der Waals surface area contributed by atoms with Gasteiger partial charge in [-0.25, -0.2) is 0 Å². The van der Waals surface area contributed by atoms with E-state index in [2.05, 4.69) is 71.5 Å². The number of nitrogens with one attached hydrogen (secondary N) is 1. The van der Waals surface area contributed by atoms with E-state index in [0.717, 1.165) is 23.9 Å². The van der Waals surface area contributed by atoms with Crippen molar-refractivity contribution in [1.29, 1.82) is 0 Å². The standard InChI is InChI=1S/C18H22BrNO/c1-12(2)18-11-13(9-10-21-18)20-17-8-7-16(19)14-5-3-4-6-15(14)17/h3-8,12-13,18,20H,9-11H2,1-2H3. The van der Waals surface area contributed by atoms with Crippen LogP contribution >= 0.6 is 15.9 Å². The molecular formula is C18H22BrNO. The van der Waals surface area contributed by atoms with E-state index in [4.69, 9.17) is 4.74 Å². The zero-order chi connectivity index (χ0) is 14.8. The number of rotatable bonds is 3. The summed E-state index contributed by atoms with van der Waals surface area (Å²) in [6, 6.07) is 13.3. The van der Waals surface area contributed by atoms with E-state index >= 15 is 0 Å². The number of fused-ring (bicyclic) bond motifs is 1.